The van der Waals surface area contributed by atoms with Crippen LogP contribution in [-0.4, -0.2) is 12.0 Å². The van der Waals surface area contributed by atoms with E-state index < -0.39 is 12.0 Å². The van der Waals surface area contributed by atoms with Crippen molar-refractivity contribution in [1.82, 2.24) is 0 Å². The fourth-order valence-electron chi connectivity index (χ4n) is 5.98. The van der Waals surface area contributed by atoms with E-state index in [-0.39, 0.29) is 20.3 Å². The lowest BCUT2D eigenvalue weighted by molar-refractivity contribution is 1.39. The highest BCUT2D eigenvalue weighted by atomic mass is 35.8. The largest absolute Gasteiger partial charge is 0.373 e. The molecule has 7 aromatic rings. The van der Waals surface area contributed by atoms with Crippen LogP contribution >= 0.6 is 138 Å². The molecule has 0 aliphatic carbocycles. The number of thiol groups is 2. The molecular weight excluding hydrogens is 763 g/mol. The van der Waals surface area contributed by atoms with Gasteiger partial charge in [0, 0.05) is 47.5 Å². The van der Waals surface area contributed by atoms with E-state index in [1.165, 1.54) is 0 Å². The molecular formula is C24H6Cl10S2Si2. The number of hydrogen-bond donors (Lipinski definition) is 2. The Labute approximate surface area is 276 Å². The summed E-state index contributed by atoms with van der Waals surface area (Å²) >= 11 is 78.2. The van der Waals surface area contributed by atoms with Crippen molar-refractivity contribution >= 4 is 225 Å². The van der Waals surface area contributed by atoms with Gasteiger partial charge in [0.2, 0.25) is 0 Å². The van der Waals surface area contributed by atoms with Crippen molar-refractivity contribution in [3.8, 4) is 0 Å². The predicted octanol–water partition coefficient (Wildman–Crippen LogP) is 11.8. The van der Waals surface area contributed by atoms with Gasteiger partial charge < -0.3 is 0 Å². The lowest BCUT2D eigenvalue weighted by Crippen LogP contribution is -2.51. The third-order valence-electron chi connectivity index (χ3n) is 7.25. The summed E-state index contributed by atoms with van der Waals surface area (Å²) in [6.45, 7) is 0. The second kappa shape index (κ2) is 8.73. The maximum absolute atomic E-state index is 7.04. The van der Waals surface area contributed by atoms with Crippen molar-refractivity contribution in [2.24, 2.45) is 0 Å². The first-order valence-electron chi connectivity index (χ1n) is 10.7. The first-order chi connectivity index (χ1) is 17.7. The quantitative estimate of drug-likeness (QED) is 0.0565. The lowest BCUT2D eigenvalue weighted by Gasteiger charge is -2.30. The number of rotatable bonds is 2. The van der Waals surface area contributed by atoms with Crippen molar-refractivity contribution in [2.75, 3.05) is 0 Å². The van der Waals surface area contributed by atoms with Crippen molar-refractivity contribution in [3.63, 3.8) is 0 Å². The molecule has 0 radical (unpaired) electrons. The average molecular weight is 769 g/mol. The van der Waals surface area contributed by atoms with Crippen LogP contribution in [0.25, 0.3) is 64.6 Å². The summed E-state index contributed by atoms with van der Waals surface area (Å²) in [6, 6.07) is 0.364. The van der Waals surface area contributed by atoms with Crippen LogP contribution in [-0.2, 0) is 0 Å². The molecule has 0 aliphatic heterocycles. The van der Waals surface area contributed by atoms with E-state index >= 15 is 0 Å². The topological polar surface area (TPSA) is 0 Å². The Hall–Kier alpha value is 0.914. The standard InChI is InChI=1S/C24H6Cl10S2Si2/c25-17-6-3-1-5-2-4-7-10-8(5)9(6)11-13-12(10)16(22(36)21(7)35)24(38(32,33)34)23(37(29,30)31)15(13)20(28)19(27)14(11)18(17)26/h1-4,35-36H. The first-order valence-corrected chi connectivity index (χ1v) is 23.1. The van der Waals surface area contributed by atoms with Crippen LogP contribution < -0.4 is 10.4 Å². The molecule has 14 heteroatoms. The van der Waals surface area contributed by atoms with Crippen molar-refractivity contribution in [2.45, 2.75) is 9.79 Å². The van der Waals surface area contributed by atoms with Crippen LogP contribution in [0.2, 0.25) is 20.1 Å². The highest BCUT2D eigenvalue weighted by molar-refractivity contribution is 7.84. The molecule has 0 saturated carbocycles. The van der Waals surface area contributed by atoms with Gasteiger partial charge in [-0.15, -0.1) is 91.7 Å². The summed E-state index contributed by atoms with van der Waals surface area (Å²) in [4.78, 5) is 1.11. The molecule has 38 heavy (non-hydrogen) atoms. The molecule has 0 aliphatic rings. The number of benzene rings is 7. The molecule has 0 unspecified atom stereocenters. The fraction of sp³-hybridized carbons (Fsp3) is 0. The van der Waals surface area contributed by atoms with Crippen molar-refractivity contribution < 1.29 is 0 Å². The zero-order valence-corrected chi connectivity index (χ0v) is 29.3. The van der Waals surface area contributed by atoms with E-state index in [9.17, 15) is 0 Å². The highest BCUT2D eigenvalue weighted by Gasteiger charge is 2.45. The van der Waals surface area contributed by atoms with Crippen LogP contribution in [0.5, 0.6) is 0 Å². The average Bonchev–Trinajstić information content (AvgIpc) is 2.84. The van der Waals surface area contributed by atoms with Gasteiger partial charge in [-0.05, 0) is 37.3 Å². The minimum absolute atomic E-state index is 0.141. The maximum atomic E-state index is 7.04. The molecule has 0 amide bonds. The van der Waals surface area contributed by atoms with Gasteiger partial charge >= 0.3 is 12.0 Å². The second-order valence-electron chi connectivity index (χ2n) is 9.02. The Kier molecular flexibility index (Phi) is 6.37. The molecule has 7 aromatic carbocycles. The minimum Gasteiger partial charge on any atom is -0.142 e. The summed E-state index contributed by atoms with van der Waals surface area (Å²) in [7, 11) is 0. The maximum Gasteiger partial charge on any atom is 0.373 e. The van der Waals surface area contributed by atoms with Crippen LogP contribution in [0.4, 0.5) is 0 Å². The summed E-state index contributed by atoms with van der Waals surface area (Å²) in [5.41, 5.74) is 0. The second-order valence-corrected chi connectivity index (χ2v) is 28.1. The predicted molar refractivity (Wildman–Crippen MR) is 185 cm³/mol. The number of halogens is 10. The minimum atomic E-state index is -3.81. The van der Waals surface area contributed by atoms with Crippen LogP contribution in [0.1, 0.15) is 0 Å². The van der Waals surface area contributed by atoms with Gasteiger partial charge in [-0.25, -0.2) is 0 Å². The lowest BCUT2D eigenvalue weighted by atomic mass is 9.82. The summed E-state index contributed by atoms with van der Waals surface area (Å²) < 4.78 is 0. The normalized spacial score (nSPS) is 13.8. The van der Waals surface area contributed by atoms with Crippen LogP contribution in [0.15, 0.2) is 34.1 Å². The molecule has 0 bridgehead atoms. The molecule has 0 heterocycles. The third kappa shape index (κ3) is 3.37. The van der Waals surface area contributed by atoms with Gasteiger partial charge in [-0.1, -0.05) is 70.7 Å². The van der Waals surface area contributed by atoms with Crippen molar-refractivity contribution in [3.05, 3.63) is 44.4 Å². The Balaban J connectivity index is 2.08. The van der Waals surface area contributed by atoms with E-state index in [1.807, 2.05) is 24.3 Å². The molecule has 0 N–H and O–H groups in total. The van der Waals surface area contributed by atoms with E-state index in [2.05, 4.69) is 0 Å². The summed E-state index contributed by atoms with van der Waals surface area (Å²) in [5, 5.41) is 10.6. The molecule has 7 rings (SSSR count). The Morgan fingerprint density at radius 1 is 0.421 bits per heavy atom. The van der Waals surface area contributed by atoms with Crippen LogP contribution in [0, 0.1) is 0 Å². The smallest absolute Gasteiger partial charge is 0.142 e. The SMILES string of the molecule is Sc1c(S)c2c([Si](Cl)(Cl)Cl)c([Si](Cl)(Cl)Cl)c3c(Cl)c(Cl)c4c(Cl)c(Cl)c5ccc6ccc1c1c6c5c4c3c21. The van der Waals surface area contributed by atoms with Gasteiger partial charge in [-0.2, -0.15) is 0 Å². The molecule has 0 nitrogen and oxygen atoms in total. The summed E-state index contributed by atoms with van der Waals surface area (Å²) in [6.07, 6.45) is 0. The van der Waals surface area contributed by atoms with Gasteiger partial charge in [0.15, 0.2) is 0 Å². The zero-order valence-electron chi connectivity index (χ0n) is 18.0. The molecule has 192 valence electrons. The molecule has 0 atom stereocenters. The Morgan fingerprint density at radius 3 is 1.47 bits per heavy atom. The highest BCUT2D eigenvalue weighted by Crippen LogP contribution is 2.57. The third-order valence-corrected chi connectivity index (χ3v) is 15.8. The number of hydrogen-bond acceptors (Lipinski definition) is 2. The molecule has 0 spiro atoms. The summed E-state index contributed by atoms with van der Waals surface area (Å²) in [5.74, 6) is 0. The Morgan fingerprint density at radius 2 is 0.868 bits per heavy atom. The van der Waals surface area contributed by atoms with Crippen molar-refractivity contribution in [1.29, 1.82) is 0 Å². The van der Waals surface area contributed by atoms with Gasteiger partial charge in [0.1, 0.15) is 0 Å². The first kappa shape index (κ1) is 27.7. The molecule has 0 saturated heterocycles. The van der Waals surface area contributed by atoms with E-state index in [1.54, 1.807) is 0 Å². The van der Waals surface area contributed by atoms with Crippen LogP contribution in [0.3, 0.4) is 0 Å². The molecule has 0 aromatic heterocycles. The zero-order chi connectivity index (χ0) is 27.4. The van der Waals surface area contributed by atoms with Gasteiger partial charge in [0.05, 0.1) is 20.1 Å². The Bertz CT molecular complexity index is 2160. The fourth-order valence-corrected chi connectivity index (χ4v) is 15.8. The molecule has 0 fully saturated rings. The van der Waals surface area contributed by atoms with E-state index in [0.717, 1.165) is 43.1 Å². The van der Waals surface area contributed by atoms with E-state index in [0.29, 0.717) is 41.5 Å². The van der Waals surface area contributed by atoms with E-state index in [4.69, 9.17) is 138 Å². The van der Waals surface area contributed by atoms with Gasteiger partial charge in [-0.3, -0.25) is 0 Å². The van der Waals surface area contributed by atoms with Gasteiger partial charge in [0.25, 0.3) is 0 Å². The monoisotopic (exact) mass is 764 g/mol.